The largest absolute Gasteiger partial charge is 0.325 e. The van der Waals surface area contributed by atoms with E-state index in [-0.39, 0.29) is 15.6 Å². The van der Waals surface area contributed by atoms with E-state index < -0.39 is 10.0 Å². The normalized spacial score (nSPS) is 13.1. The molecule has 0 bridgehead atoms. The Morgan fingerprint density at radius 2 is 1.94 bits per heavy atom. The number of amides is 1. The lowest BCUT2D eigenvalue weighted by Gasteiger charge is -2.08. The molecule has 7 heteroatoms. The van der Waals surface area contributed by atoms with E-state index in [0.717, 1.165) is 0 Å². The van der Waals surface area contributed by atoms with Crippen molar-refractivity contribution in [1.82, 2.24) is 0 Å². The summed E-state index contributed by atoms with van der Waals surface area (Å²) in [7, 11) is -3.69. The first-order valence-corrected chi connectivity index (χ1v) is 7.38. The third kappa shape index (κ3) is 4.10. The van der Waals surface area contributed by atoms with E-state index >= 15 is 0 Å². The predicted molar refractivity (Wildman–Crippen MR) is 69.5 cm³/mol. The summed E-state index contributed by atoms with van der Waals surface area (Å²) in [5, 5.41) is 7.61. The highest BCUT2D eigenvalue weighted by molar-refractivity contribution is 9.10. The summed E-state index contributed by atoms with van der Waals surface area (Å²) in [4.78, 5) is 11.3. The lowest BCUT2D eigenvalue weighted by Crippen LogP contribution is -2.22. The summed E-state index contributed by atoms with van der Waals surface area (Å²) in [5.74, 6) is -0.171. The standard InChI is InChI=1S/C10H13BrN2O3S/c1-2-9(11)10(14)13-7-3-5-8(6-4-7)17(12,15)16/h3-6,9H,2H2,1H3,(H,13,14)(H2,12,15,16)/t9-/m0/s1. The molecular formula is C10H13BrN2O3S. The Kier molecular flexibility index (Phi) is 4.67. The number of carbonyl (C=O) groups excluding carboxylic acids is 1. The van der Waals surface area contributed by atoms with Gasteiger partial charge in [-0.25, -0.2) is 13.6 Å². The van der Waals surface area contributed by atoms with Gasteiger partial charge in [-0.15, -0.1) is 0 Å². The maximum Gasteiger partial charge on any atom is 0.238 e. The number of halogens is 1. The van der Waals surface area contributed by atoms with Crippen LogP contribution in [0.1, 0.15) is 13.3 Å². The minimum absolute atomic E-state index is 0.0152. The average Bonchev–Trinajstić information content (AvgIpc) is 2.27. The van der Waals surface area contributed by atoms with Crippen molar-refractivity contribution >= 4 is 37.5 Å². The van der Waals surface area contributed by atoms with Gasteiger partial charge >= 0.3 is 0 Å². The first kappa shape index (κ1) is 14.1. The highest BCUT2D eigenvalue weighted by Gasteiger charge is 2.13. The molecule has 0 aliphatic heterocycles. The van der Waals surface area contributed by atoms with Crippen LogP contribution in [-0.4, -0.2) is 19.2 Å². The number of primary sulfonamides is 1. The van der Waals surface area contributed by atoms with Gasteiger partial charge < -0.3 is 5.32 Å². The van der Waals surface area contributed by atoms with Crippen molar-refractivity contribution in [2.75, 3.05) is 5.32 Å². The molecule has 94 valence electrons. The zero-order valence-electron chi connectivity index (χ0n) is 9.18. The Balaban J connectivity index is 2.79. The second kappa shape index (κ2) is 5.61. The highest BCUT2D eigenvalue weighted by Crippen LogP contribution is 2.14. The quantitative estimate of drug-likeness (QED) is 0.823. The second-order valence-corrected chi connectivity index (χ2v) is 6.10. The lowest BCUT2D eigenvalue weighted by molar-refractivity contribution is -0.115. The number of sulfonamides is 1. The Morgan fingerprint density at radius 3 is 2.35 bits per heavy atom. The molecule has 3 N–H and O–H groups in total. The van der Waals surface area contributed by atoms with Crippen LogP contribution in [0, 0.1) is 0 Å². The number of nitrogens with two attached hydrogens (primary N) is 1. The first-order chi connectivity index (χ1) is 7.84. The molecule has 0 aliphatic carbocycles. The van der Waals surface area contributed by atoms with Gasteiger partial charge in [-0.1, -0.05) is 22.9 Å². The maximum absolute atomic E-state index is 11.5. The molecule has 17 heavy (non-hydrogen) atoms. The number of carbonyl (C=O) groups is 1. The zero-order chi connectivity index (χ0) is 13.1. The monoisotopic (exact) mass is 320 g/mol. The number of hydrogen-bond acceptors (Lipinski definition) is 3. The van der Waals surface area contributed by atoms with Crippen LogP contribution in [0.25, 0.3) is 0 Å². The minimum Gasteiger partial charge on any atom is -0.325 e. The van der Waals surface area contributed by atoms with Crippen LogP contribution in [0.15, 0.2) is 29.2 Å². The van der Waals surface area contributed by atoms with Crippen molar-refractivity contribution in [3.8, 4) is 0 Å². The van der Waals surface area contributed by atoms with Crippen LogP contribution < -0.4 is 10.5 Å². The van der Waals surface area contributed by atoms with Crippen molar-refractivity contribution in [3.63, 3.8) is 0 Å². The second-order valence-electron chi connectivity index (χ2n) is 3.43. The molecule has 0 spiro atoms. The van der Waals surface area contributed by atoms with E-state index in [9.17, 15) is 13.2 Å². The van der Waals surface area contributed by atoms with Gasteiger partial charge in [-0.05, 0) is 30.7 Å². The summed E-state index contributed by atoms with van der Waals surface area (Å²) in [5.41, 5.74) is 0.528. The van der Waals surface area contributed by atoms with Crippen molar-refractivity contribution in [2.45, 2.75) is 23.1 Å². The molecule has 5 nitrogen and oxygen atoms in total. The molecular weight excluding hydrogens is 308 g/mol. The van der Waals surface area contributed by atoms with Crippen LogP contribution in [0.2, 0.25) is 0 Å². The zero-order valence-corrected chi connectivity index (χ0v) is 11.6. The Labute approximate surface area is 109 Å². The van der Waals surface area contributed by atoms with Crippen molar-refractivity contribution < 1.29 is 13.2 Å². The molecule has 1 aromatic carbocycles. The Morgan fingerprint density at radius 1 is 1.41 bits per heavy atom. The first-order valence-electron chi connectivity index (χ1n) is 4.92. The Bertz CT molecular complexity index is 499. The van der Waals surface area contributed by atoms with E-state index in [2.05, 4.69) is 21.2 Å². The maximum atomic E-state index is 11.5. The summed E-state index contributed by atoms with van der Waals surface area (Å²) < 4.78 is 22.0. The molecule has 0 radical (unpaired) electrons. The molecule has 0 aliphatic rings. The molecule has 0 saturated carbocycles. The molecule has 0 aromatic heterocycles. The molecule has 0 fully saturated rings. The van der Waals surface area contributed by atoms with E-state index in [1.54, 1.807) is 0 Å². The lowest BCUT2D eigenvalue weighted by atomic mass is 10.3. The van der Waals surface area contributed by atoms with E-state index in [4.69, 9.17) is 5.14 Å². The number of anilines is 1. The molecule has 0 unspecified atom stereocenters. The molecule has 1 amide bonds. The smallest absolute Gasteiger partial charge is 0.238 e. The third-order valence-corrected chi connectivity index (χ3v) is 4.09. The molecule has 1 atom stereocenters. The van der Waals surface area contributed by atoms with Gasteiger partial charge in [-0.2, -0.15) is 0 Å². The fourth-order valence-electron chi connectivity index (χ4n) is 1.13. The summed E-state index contributed by atoms with van der Waals surface area (Å²) in [6, 6.07) is 5.68. The average molecular weight is 321 g/mol. The van der Waals surface area contributed by atoms with Gasteiger partial charge in [0.05, 0.1) is 9.72 Å². The van der Waals surface area contributed by atoms with Gasteiger partial charge in [0.2, 0.25) is 15.9 Å². The number of rotatable bonds is 4. The van der Waals surface area contributed by atoms with Crippen molar-refractivity contribution in [3.05, 3.63) is 24.3 Å². The minimum atomic E-state index is -3.69. The van der Waals surface area contributed by atoms with Crippen LogP contribution in [0.5, 0.6) is 0 Å². The third-order valence-electron chi connectivity index (χ3n) is 2.09. The molecule has 0 saturated heterocycles. The van der Waals surface area contributed by atoms with Gasteiger partial charge in [0.25, 0.3) is 0 Å². The molecule has 1 rings (SSSR count). The van der Waals surface area contributed by atoms with Crippen LogP contribution in [0.3, 0.4) is 0 Å². The van der Waals surface area contributed by atoms with Crippen LogP contribution in [-0.2, 0) is 14.8 Å². The van der Waals surface area contributed by atoms with Gasteiger partial charge in [0, 0.05) is 5.69 Å². The summed E-state index contributed by atoms with van der Waals surface area (Å²) in [6.07, 6.45) is 0.668. The van der Waals surface area contributed by atoms with Crippen LogP contribution in [0.4, 0.5) is 5.69 Å². The SMILES string of the molecule is CC[C@H](Br)C(=O)Nc1ccc(S(N)(=O)=O)cc1. The van der Waals surface area contributed by atoms with Gasteiger partial charge in [0.15, 0.2) is 0 Å². The number of benzene rings is 1. The number of hydrogen-bond donors (Lipinski definition) is 2. The van der Waals surface area contributed by atoms with E-state index in [1.165, 1.54) is 24.3 Å². The van der Waals surface area contributed by atoms with Crippen molar-refractivity contribution in [1.29, 1.82) is 0 Å². The Hall–Kier alpha value is -0.920. The summed E-state index contributed by atoms with van der Waals surface area (Å²) in [6.45, 7) is 1.88. The van der Waals surface area contributed by atoms with Crippen LogP contribution >= 0.6 is 15.9 Å². The van der Waals surface area contributed by atoms with Gasteiger partial charge in [0.1, 0.15) is 0 Å². The van der Waals surface area contributed by atoms with E-state index in [1.807, 2.05) is 6.92 Å². The molecule has 0 heterocycles. The van der Waals surface area contributed by atoms with Gasteiger partial charge in [-0.3, -0.25) is 4.79 Å². The topological polar surface area (TPSA) is 89.3 Å². The fourth-order valence-corrected chi connectivity index (χ4v) is 1.76. The summed E-state index contributed by atoms with van der Waals surface area (Å²) >= 11 is 3.22. The number of nitrogens with one attached hydrogen (secondary N) is 1. The van der Waals surface area contributed by atoms with E-state index in [0.29, 0.717) is 12.1 Å². The molecule has 1 aromatic rings. The number of alkyl halides is 1. The van der Waals surface area contributed by atoms with Crippen molar-refractivity contribution in [2.24, 2.45) is 5.14 Å². The fraction of sp³-hybridized carbons (Fsp3) is 0.300. The highest BCUT2D eigenvalue weighted by atomic mass is 79.9. The predicted octanol–water partition coefficient (Wildman–Crippen LogP) is 1.45.